The Balaban J connectivity index is 1.73. The molecule has 1 aliphatic rings. The summed E-state index contributed by atoms with van der Waals surface area (Å²) in [6.45, 7) is 1.77. The van der Waals surface area contributed by atoms with Gasteiger partial charge in [0.2, 0.25) is 5.91 Å². The molecule has 0 unspecified atom stereocenters. The number of hydrogen-bond donors (Lipinski definition) is 2. The molecular weight excluding hydrogens is 256 g/mol. The van der Waals surface area contributed by atoms with Gasteiger partial charge >= 0.3 is 0 Å². The smallest absolute Gasteiger partial charge is 0.233 e. The minimum absolute atomic E-state index is 0.0531. The van der Waals surface area contributed by atoms with Gasteiger partial charge in [-0.05, 0) is 36.5 Å². The molecule has 110 valence electrons. The molecule has 1 fully saturated rings. The van der Waals surface area contributed by atoms with Crippen LogP contribution in [0.3, 0.4) is 0 Å². The van der Waals surface area contributed by atoms with Gasteiger partial charge in [-0.1, -0.05) is 6.07 Å². The second-order valence-corrected chi connectivity index (χ2v) is 5.04. The molecule has 2 rings (SSSR count). The number of methoxy groups -OCH3 is 2. The molecule has 20 heavy (non-hydrogen) atoms. The Morgan fingerprint density at radius 1 is 1.25 bits per heavy atom. The quantitative estimate of drug-likeness (QED) is 0.753. The van der Waals surface area contributed by atoms with Gasteiger partial charge in [-0.3, -0.25) is 4.79 Å². The van der Waals surface area contributed by atoms with Crippen LogP contribution in [0.1, 0.15) is 18.4 Å². The van der Waals surface area contributed by atoms with Crippen LogP contribution in [-0.4, -0.2) is 33.2 Å². The fraction of sp³-hybridized carbons (Fsp3) is 0.533. The van der Waals surface area contributed by atoms with Crippen molar-refractivity contribution in [1.29, 1.82) is 0 Å². The van der Waals surface area contributed by atoms with Gasteiger partial charge in [-0.25, -0.2) is 0 Å². The summed E-state index contributed by atoms with van der Waals surface area (Å²) >= 11 is 0. The van der Waals surface area contributed by atoms with Gasteiger partial charge in [0.25, 0.3) is 0 Å². The van der Waals surface area contributed by atoms with Crippen molar-refractivity contribution >= 4 is 5.91 Å². The number of rotatable bonds is 8. The average Bonchev–Trinajstić information content (AvgIpc) is 3.29. The van der Waals surface area contributed by atoms with Crippen LogP contribution >= 0.6 is 0 Å². The molecule has 5 nitrogen and oxygen atoms in total. The molecule has 1 aromatic carbocycles. The van der Waals surface area contributed by atoms with Crippen molar-refractivity contribution in [2.75, 3.05) is 27.3 Å². The third-order valence-corrected chi connectivity index (χ3v) is 3.35. The van der Waals surface area contributed by atoms with E-state index in [0.717, 1.165) is 12.1 Å². The van der Waals surface area contributed by atoms with Crippen LogP contribution < -0.4 is 20.1 Å². The number of carbonyl (C=O) groups is 1. The monoisotopic (exact) mass is 278 g/mol. The van der Waals surface area contributed by atoms with Crippen LogP contribution in [0.25, 0.3) is 0 Å². The zero-order valence-electron chi connectivity index (χ0n) is 12.1. The maximum absolute atomic E-state index is 11.6. The average molecular weight is 278 g/mol. The highest BCUT2D eigenvalue weighted by Crippen LogP contribution is 2.28. The summed E-state index contributed by atoms with van der Waals surface area (Å²) in [7, 11) is 3.22. The predicted octanol–water partition coefficient (Wildman–Crippen LogP) is 1.32. The highest BCUT2D eigenvalue weighted by molar-refractivity contribution is 5.78. The van der Waals surface area contributed by atoms with Crippen molar-refractivity contribution in [1.82, 2.24) is 10.6 Å². The minimum Gasteiger partial charge on any atom is -0.493 e. The molecule has 1 aromatic rings. The Morgan fingerprint density at radius 2 is 2.00 bits per heavy atom. The van der Waals surface area contributed by atoms with Crippen molar-refractivity contribution in [3.05, 3.63) is 23.8 Å². The Labute approximate surface area is 119 Å². The summed E-state index contributed by atoms with van der Waals surface area (Å²) in [5, 5.41) is 6.05. The first kappa shape index (κ1) is 14.7. The highest BCUT2D eigenvalue weighted by atomic mass is 16.5. The number of hydrogen-bond acceptors (Lipinski definition) is 4. The molecule has 1 aliphatic carbocycles. The third-order valence-electron chi connectivity index (χ3n) is 3.35. The van der Waals surface area contributed by atoms with E-state index in [1.54, 1.807) is 14.2 Å². The lowest BCUT2D eigenvalue weighted by Gasteiger charge is -2.10. The first-order valence-corrected chi connectivity index (χ1v) is 6.91. The molecule has 0 radical (unpaired) electrons. The highest BCUT2D eigenvalue weighted by Gasteiger charge is 2.21. The molecule has 0 aliphatic heterocycles. The molecule has 1 saturated carbocycles. The molecule has 0 atom stereocenters. The second-order valence-electron chi connectivity index (χ2n) is 5.04. The summed E-state index contributed by atoms with van der Waals surface area (Å²) in [6, 6.07) is 5.73. The molecule has 1 amide bonds. The van der Waals surface area contributed by atoms with E-state index in [-0.39, 0.29) is 5.91 Å². The summed E-state index contributed by atoms with van der Waals surface area (Å²) in [5.74, 6) is 2.17. The second kappa shape index (κ2) is 7.14. The SMILES string of the molecule is COc1ccc(CNCC(=O)NCC2CC2)cc1OC. The maximum Gasteiger partial charge on any atom is 0.233 e. The predicted molar refractivity (Wildman–Crippen MR) is 77.0 cm³/mol. The van der Waals surface area contributed by atoms with E-state index in [1.165, 1.54) is 12.8 Å². The van der Waals surface area contributed by atoms with Crippen LogP contribution in [0.4, 0.5) is 0 Å². The third kappa shape index (κ3) is 4.42. The first-order valence-electron chi connectivity index (χ1n) is 6.91. The van der Waals surface area contributed by atoms with Gasteiger partial charge < -0.3 is 20.1 Å². The Hall–Kier alpha value is -1.75. The van der Waals surface area contributed by atoms with E-state index >= 15 is 0 Å². The summed E-state index contributed by atoms with van der Waals surface area (Å²) in [4.78, 5) is 11.6. The Bertz CT molecular complexity index is 458. The maximum atomic E-state index is 11.6. The van der Waals surface area contributed by atoms with Crippen molar-refractivity contribution in [3.63, 3.8) is 0 Å². The molecule has 0 heterocycles. The van der Waals surface area contributed by atoms with E-state index in [9.17, 15) is 4.79 Å². The first-order chi connectivity index (χ1) is 9.72. The van der Waals surface area contributed by atoms with Gasteiger partial charge in [0.1, 0.15) is 0 Å². The number of ether oxygens (including phenoxy) is 2. The van der Waals surface area contributed by atoms with Gasteiger partial charge in [0.15, 0.2) is 11.5 Å². The summed E-state index contributed by atoms with van der Waals surface area (Å²) in [6.07, 6.45) is 2.50. The topological polar surface area (TPSA) is 59.6 Å². The normalized spacial score (nSPS) is 13.9. The Kier molecular flexibility index (Phi) is 5.24. The summed E-state index contributed by atoms with van der Waals surface area (Å²) in [5.41, 5.74) is 1.05. The molecule has 2 N–H and O–H groups in total. The molecular formula is C15H22N2O3. The lowest BCUT2D eigenvalue weighted by Crippen LogP contribution is -2.34. The van der Waals surface area contributed by atoms with Crippen molar-refractivity contribution in [2.24, 2.45) is 5.92 Å². The standard InChI is InChI=1S/C15H22N2O3/c1-19-13-6-5-12(7-14(13)20-2)8-16-10-15(18)17-9-11-3-4-11/h5-7,11,16H,3-4,8-10H2,1-2H3,(H,17,18). The van der Waals surface area contributed by atoms with Gasteiger partial charge in [0, 0.05) is 13.1 Å². The molecule has 0 aromatic heterocycles. The van der Waals surface area contributed by atoms with Gasteiger partial charge in [-0.15, -0.1) is 0 Å². The molecule has 0 saturated heterocycles. The van der Waals surface area contributed by atoms with E-state index < -0.39 is 0 Å². The number of amides is 1. The Morgan fingerprint density at radius 3 is 2.65 bits per heavy atom. The number of benzene rings is 1. The van der Waals surface area contributed by atoms with E-state index in [4.69, 9.17) is 9.47 Å². The zero-order chi connectivity index (χ0) is 14.4. The zero-order valence-corrected chi connectivity index (χ0v) is 12.1. The fourth-order valence-corrected chi connectivity index (χ4v) is 1.95. The van der Waals surface area contributed by atoms with Crippen molar-refractivity contribution < 1.29 is 14.3 Å². The van der Waals surface area contributed by atoms with Crippen LogP contribution in [0.5, 0.6) is 11.5 Å². The van der Waals surface area contributed by atoms with Crippen LogP contribution in [0, 0.1) is 5.92 Å². The van der Waals surface area contributed by atoms with Crippen LogP contribution in [0.15, 0.2) is 18.2 Å². The lowest BCUT2D eigenvalue weighted by atomic mass is 10.2. The number of carbonyl (C=O) groups excluding carboxylic acids is 1. The summed E-state index contributed by atoms with van der Waals surface area (Å²) < 4.78 is 10.4. The fourth-order valence-electron chi connectivity index (χ4n) is 1.95. The largest absolute Gasteiger partial charge is 0.493 e. The lowest BCUT2D eigenvalue weighted by molar-refractivity contribution is -0.120. The van der Waals surface area contributed by atoms with E-state index in [2.05, 4.69) is 10.6 Å². The van der Waals surface area contributed by atoms with Gasteiger partial charge in [0.05, 0.1) is 20.8 Å². The molecule has 5 heteroatoms. The van der Waals surface area contributed by atoms with E-state index in [0.29, 0.717) is 30.5 Å². The minimum atomic E-state index is 0.0531. The van der Waals surface area contributed by atoms with E-state index in [1.807, 2.05) is 18.2 Å². The molecule has 0 spiro atoms. The van der Waals surface area contributed by atoms with Gasteiger partial charge in [-0.2, -0.15) is 0 Å². The van der Waals surface area contributed by atoms with Crippen LogP contribution in [-0.2, 0) is 11.3 Å². The van der Waals surface area contributed by atoms with Crippen LogP contribution in [0.2, 0.25) is 0 Å². The molecule has 0 bridgehead atoms. The number of nitrogens with one attached hydrogen (secondary N) is 2. The van der Waals surface area contributed by atoms with Crippen molar-refractivity contribution in [2.45, 2.75) is 19.4 Å². The van der Waals surface area contributed by atoms with Crippen molar-refractivity contribution in [3.8, 4) is 11.5 Å².